The highest BCUT2D eigenvalue weighted by molar-refractivity contribution is 5.95. The lowest BCUT2D eigenvalue weighted by atomic mass is 9.88. The lowest BCUT2D eigenvalue weighted by Crippen LogP contribution is -2.55. The fourth-order valence-corrected chi connectivity index (χ4v) is 1.60. The van der Waals surface area contributed by atoms with Gasteiger partial charge in [0.1, 0.15) is 5.75 Å². The van der Waals surface area contributed by atoms with Crippen molar-refractivity contribution in [2.75, 3.05) is 6.54 Å². The van der Waals surface area contributed by atoms with Crippen molar-refractivity contribution in [3.8, 4) is 5.75 Å². The van der Waals surface area contributed by atoms with Crippen molar-refractivity contribution in [2.24, 2.45) is 11.7 Å². The average molecular weight is 341 g/mol. The van der Waals surface area contributed by atoms with E-state index < -0.39 is 23.6 Å². The van der Waals surface area contributed by atoms with Crippen molar-refractivity contribution < 1.29 is 22.7 Å². The number of halogens is 4. The van der Waals surface area contributed by atoms with Gasteiger partial charge in [-0.2, -0.15) is 0 Å². The molecular weight excluding hydrogens is 321 g/mol. The number of carbonyl (C=O) groups is 1. The summed E-state index contributed by atoms with van der Waals surface area (Å²) in [5.74, 6) is -0.862. The van der Waals surface area contributed by atoms with Gasteiger partial charge in [0.25, 0.3) is 5.91 Å². The minimum Gasteiger partial charge on any atom is -0.406 e. The number of ether oxygens (including phenoxy) is 1. The van der Waals surface area contributed by atoms with Crippen molar-refractivity contribution in [1.29, 1.82) is 0 Å². The van der Waals surface area contributed by atoms with E-state index in [-0.39, 0.29) is 30.4 Å². The Hall–Kier alpha value is -1.47. The third-order valence-corrected chi connectivity index (χ3v) is 3.43. The molecule has 4 nitrogen and oxygen atoms in total. The maximum Gasteiger partial charge on any atom is 0.573 e. The van der Waals surface area contributed by atoms with Crippen LogP contribution in [-0.2, 0) is 0 Å². The summed E-state index contributed by atoms with van der Waals surface area (Å²) < 4.78 is 40.3. The van der Waals surface area contributed by atoms with Crippen LogP contribution in [0.5, 0.6) is 5.75 Å². The molecule has 0 heterocycles. The third kappa shape index (κ3) is 5.73. The van der Waals surface area contributed by atoms with Gasteiger partial charge in [0.05, 0.1) is 5.54 Å². The molecule has 0 fully saturated rings. The normalized spacial score (nSPS) is 14.0. The Morgan fingerprint density at radius 3 is 2.41 bits per heavy atom. The Morgan fingerprint density at radius 1 is 1.36 bits per heavy atom. The molecular formula is C14H20ClF3N2O2. The molecule has 126 valence electrons. The standard InChI is InChI=1S/C14H19F3N2O2.ClH/c1-9(2)13(3,8-18)19-12(20)10-5-4-6-11(7-10)21-14(15,16)17;/h4-7,9H,8,18H2,1-3H3,(H,19,20);1H. The topological polar surface area (TPSA) is 64.3 Å². The van der Waals surface area contributed by atoms with Gasteiger partial charge in [-0.15, -0.1) is 25.6 Å². The van der Waals surface area contributed by atoms with Crippen LogP contribution < -0.4 is 15.8 Å². The fourth-order valence-electron chi connectivity index (χ4n) is 1.60. The smallest absolute Gasteiger partial charge is 0.406 e. The number of hydrogen-bond donors (Lipinski definition) is 2. The van der Waals surface area contributed by atoms with Crippen LogP contribution in [0.1, 0.15) is 31.1 Å². The molecule has 8 heteroatoms. The van der Waals surface area contributed by atoms with Gasteiger partial charge in [0, 0.05) is 12.1 Å². The second-order valence-electron chi connectivity index (χ2n) is 5.31. The molecule has 1 atom stereocenters. The van der Waals surface area contributed by atoms with Crippen molar-refractivity contribution in [3.05, 3.63) is 29.8 Å². The van der Waals surface area contributed by atoms with Crippen LogP contribution in [0.25, 0.3) is 0 Å². The van der Waals surface area contributed by atoms with Crippen LogP contribution in [-0.4, -0.2) is 24.4 Å². The molecule has 0 radical (unpaired) electrons. The van der Waals surface area contributed by atoms with E-state index in [0.717, 1.165) is 12.1 Å². The van der Waals surface area contributed by atoms with Gasteiger partial charge < -0.3 is 15.8 Å². The Bertz CT molecular complexity index is 509. The number of benzene rings is 1. The summed E-state index contributed by atoms with van der Waals surface area (Å²) in [6.07, 6.45) is -4.79. The summed E-state index contributed by atoms with van der Waals surface area (Å²) in [6.45, 7) is 5.80. The molecule has 0 saturated heterocycles. The van der Waals surface area contributed by atoms with Gasteiger partial charge in [-0.05, 0) is 31.0 Å². The van der Waals surface area contributed by atoms with Gasteiger partial charge in [-0.1, -0.05) is 19.9 Å². The van der Waals surface area contributed by atoms with Gasteiger partial charge in [-0.3, -0.25) is 4.79 Å². The van der Waals surface area contributed by atoms with Crippen molar-refractivity contribution in [2.45, 2.75) is 32.7 Å². The van der Waals surface area contributed by atoms with Crippen LogP contribution in [0, 0.1) is 5.92 Å². The summed E-state index contributed by atoms with van der Waals surface area (Å²) >= 11 is 0. The van der Waals surface area contributed by atoms with E-state index in [0.29, 0.717) is 0 Å². The number of carbonyl (C=O) groups excluding carboxylic acids is 1. The molecule has 22 heavy (non-hydrogen) atoms. The highest BCUT2D eigenvalue weighted by Gasteiger charge is 2.32. The zero-order chi connectivity index (χ0) is 16.3. The van der Waals surface area contributed by atoms with Crippen LogP contribution >= 0.6 is 12.4 Å². The van der Waals surface area contributed by atoms with Crippen LogP contribution in [0.4, 0.5) is 13.2 Å². The van der Waals surface area contributed by atoms with Crippen molar-refractivity contribution in [3.63, 3.8) is 0 Å². The van der Waals surface area contributed by atoms with Crippen LogP contribution in [0.2, 0.25) is 0 Å². The van der Waals surface area contributed by atoms with E-state index in [1.165, 1.54) is 12.1 Å². The van der Waals surface area contributed by atoms with Gasteiger partial charge in [0.2, 0.25) is 0 Å². The molecule has 0 aliphatic heterocycles. The summed E-state index contributed by atoms with van der Waals surface area (Å²) in [5.41, 5.74) is 5.10. The molecule has 0 aliphatic carbocycles. The number of nitrogens with two attached hydrogens (primary N) is 1. The van der Waals surface area contributed by atoms with E-state index >= 15 is 0 Å². The maximum absolute atomic E-state index is 12.2. The molecule has 0 saturated carbocycles. The first kappa shape index (κ1) is 20.5. The molecule has 0 aromatic heterocycles. The minimum absolute atomic E-state index is 0. The Labute approximate surface area is 133 Å². The van der Waals surface area contributed by atoms with Gasteiger partial charge >= 0.3 is 6.36 Å². The van der Waals surface area contributed by atoms with Crippen molar-refractivity contribution >= 4 is 18.3 Å². The summed E-state index contributed by atoms with van der Waals surface area (Å²) in [7, 11) is 0. The lowest BCUT2D eigenvalue weighted by Gasteiger charge is -2.33. The quantitative estimate of drug-likeness (QED) is 0.865. The first-order valence-electron chi connectivity index (χ1n) is 6.46. The molecule has 0 bridgehead atoms. The molecule has 1 aromatic carbocycles. The Kier molecular flexibility index (Phi) is 7.18. The zero-order valence-electron chi connectivity index (χ0n) is 12.5. The van der Waals surface area contributed by atoms with Gasteiger partial charge in [-0.25, -0.2) is 0 Å². The number of rotatable bonds is 5. The number of alkyl halides is 3. The predicted octanol–water partition coefficient (Wildman–Crippen LogP) is 3.11. The number of amides is 1. The third-order valence-electron chi connectivity index (χ3n) is 3.43. The molecule has 1 amide bonds. The van der Waals surface area contributed by atoms with Gasteiger partial charge in [0.15, 0.2) is 0 Å². The SMILES string of the molecule is CC(C)C(C)(CN)NC(=O)c1cccc(OC(F)(F)F)c1.Cl. The molecule has 1 aromatic rings. The lowest BCUT2D eigenvalue weighted by molar-refractivity contribution is -0.274. The second kappa shape index (κ2) is 7.69. The summed E-state index contributed by atoms with van der Waals surface area (Å²) in [6, 6.07) is 4.91. The fraction of sp³-hybridized carbons (Fsp3) is 0.500. The second-order valence-corrected chi connectivity index (χ2v) is 5.31. The van der Waals surface area contributed by atoms with E-state index in [9.17, 15) is 18.0 Å². The molecule has 0 spiro atoms. The highest BCUT2D eigenvalue weighted by Crippen LogP contribution is 2.24. The summed E-state index contributed by atoms with van der Waals surface area (Å²) in [5, 5.41) is 2.75. The largest absolute Gasteiger partial charge is 0.573 e. The van der Waals surface area contributed by atoms with E-state index in [2.05, 4.69) is 10.1 Å². The maximum atomic E-state index is 12.2. The molecule has 3 N–H and O–H groups in total. The minimum atomic E-state index is -4.79. The van der Waals surface area contributed by atoms with E-state index in [1.807, 2.05) is 13.8 Å². The number of nitrogens with one attached hydrogen (secondary N) is 1. The van der Waals surface area contributed by atoms with Crippen LogP contribution in [0.3, 0.4) is 0 Å². The average Bonchev–Trinajstić information content (AvgIpc) is 2.36. The zero-order valence-corrected chi connectivity index (χ0v) is 13.3. The van der Waals surface area contributed by atoms with Crippen LogP contribution in [0.15, 0.2) is 24.3 Å². The van der Waals surface area contributed by atoms with E-state index in [1.54, 1.807) is 6.92 Å². The summed E-state index contributed by atoms with van der Waals surface area (Å²) in [4.78, 5) is 12.1. The molecule has 1 unspecified atom stereocenters. The van der Waals surface area contributed by atoms with Crippen molar-refractivity contribution in [1.82, 2.24) is 5.32 Å². The first-order valence-corrected chi connectivity index (χ1v) is 6.46. The number of hydrogen-bond acceptors (Lipinski definition) is 3. The van der Waals surface area contributed by atoms with E-state index in [4.69, 9.17) is 5.73 Å². The highest BCUT2D eigenvalue weighted by atomic mass is 35.5. The monoisotopic (exact) mass is 340 g/mol. The Balaban J connectivity index is 0.00000441. The molecule has 0 aliphatic rings. The Morgan fingerprint density at radius 2 is 1.95 bits per heavy atom. The predicted molar refractivity (Wildman–Crippen MR) is 80.1 cm³/mol. The molecule has 1 rings (SSSR count). The first-order chi connectivity index (χ1) is 9.57.